The maximum Gasteiger partial charge on any atom is 0.333 e. The van der Waals surface area contributed by atoms with E-state index in [4.69, 9.17) is 4.74 Å². The number of ether oxygens (including phenoxy) is 1. The molecule has 0 radical (unpaired) electrons. The van der Waals surface area contributed by atoms with Gasteiger partial charge in [-0.2, -0.15) is 0 Å². The van der Waals surface area contributed by atoms with Gasteiger partial charge in [0.05, 0.1) is 6.61 Å². The summed E-state index contributed by atoms with van der Waals surface area (Å²) in [6.45, 7) is 14.6. The Bertz CT molecular complexity index is 214. The highest BCUT2D eigenvalue weighted by atomic mass is 16.5. The molecule has 0 amide bonds. The first-order valence-corrected chi connectivity index (χ1v) is 5.16. The molecule has 0 rings (SSSR count). The Balaban J connectivity index is 4.25. The van der Waals surface area contributed by atoms with Crippen LogP contribution >= 0.6 is 0 Å². The van der Waals surface area contributed by atoms with E-state index >= 15 is 0 Å². The third-order valence-corrected chi connectivity index (χ3v) is 2.80. The molecule has 0 atom stereocenters. The molecule has 0 aromatic heterocycles. The van der Waals surface area contributed by atoms with Crippen molar-refractivity contribution in [2.75, 3.05) is 6.61 Å². The van der Waals surface area contributed by atoms with E-state index in [0.29, 0.717) is 24.5 Å². The number of carbonyl (C=O) groups excluding carboxylic acids is 1. The van der Waals surface area contributed by atoms with E-state index in [1.807, 2.05) is 0 Å². The van der Waals surface area contributed by atoms with E-state index < -0.39 is 0 Å². The number of esters is 1. The summed E-state index contributed by atoms with van der Waals surface area (Å²) in [4.78, 5) is 11.3. The van der Waals surface area contributed by atoms with Gasteiger partial charge >= 0.3 is 5.97 Å². The van der Waals surface area contributed by atoms with Crippen molar-refractivity contribution in [3.05, 3.63) is 12.2 Å². The molecule has 14 heavy (non-hydrogen) atoms. The summed E-state index contributed by atoms with van der Waals surface area (Å²) < 4.78 is 4.89. The van der Waals surface area contributed by atoms with Crippen LogP contribution in [-0.2, 0) is 9.53 Å². The van der Waals surface area contributed by atoms with Crippen molar-refractivity contribution < 1.29 is 9.53 Å². The van der Waals surface area contributed by atoms with Crippen molar-refractivity contribution in [3.63, 3.8) is 0 Å². The van der Waals surface area contributed by atoms with Crippen LogP contribution in [0, 0.1) is 11.3 Å². The molecular formula is C12H22O2. The summed E-state index contributed by atoms with van der Waals surface area (Å²) in [6, 6.07) is 0. The lowest BCUT2D eigenvalue weighted by Gasteiger charge is -2.29. The van der Waals surface area contributed by atoms with Crippen molar-refractivity contribution in [1.82, 2.24) is 0 Å². The van der Waals surface area contributed by atoms with Crippen molar-refractivity contribution in [2.45, 2.75) is 41.0 Å². The Morgan fingerprint density at radius 1 is 1.43 bits per heavy atom. The second kappa shape index (κ2) is 5.18. The molecule has 0 bridgehead atoms. The van der Waals surface area contributed by atoms with Crippen LogP contribution in [0.1, 0.15) is 41.0 Å². The third-order valence-electron chi connectivity index (χ3n) is 2.80. The summed E-state index contributed by atoms with van der Waals surface area (Å²) in [5.41, 5.74) is 0.676. The molecule has 0 saturated carbocycles. The number of rotatable bonds is 5. The maximum atomic E-state index is 11.3. The zero-order valence-electron chi connectivity index (χ0n) is 10.0. The van der Waals surface area contributed by atoms with Crippen LogP contribution < -0.4 is 0 Å². The highest BCUT2D eigenvalue weighted by molar-refractivity contribution is 5.87. The number of carbonyl (C=O) groups is 1. The Morgan fingerprint density at radius 3 is 2.29 bits per heavy atom. The summed E-state index contributed by atoms with van der Waals surface area (Å²) >= 11 is 0. The molecular weight excluding hydrogens is 176 g/mol. The molecule has 0 saturated heterocycles. The zero-order chi connectivity index (χ0) is 11.4. The van der Waals surface area contributed by atoms with E-state index in [9.17, 15) is 4.79 Å². The van der Waals surface area contributed by atoms with Crippen LogP contribution in [-0.4, -0.2) is 12.6 Å². The summed E-state index contributed by atoms with van der Waals surface area (Å²) in [5, 5.41) is 0. The standard InChI is InChI=1S/C12H22O2/c1-7-14-11(13)10(4)8-12(5,6)9(2)3/h9H,4,7-8H2,1-3,5-6H3. The monoisotopic (exact) mass is 198 g/mol. The molecule has 2 heteroatoms. The topological polar surface area (TPSA) is 26.3 Å². The van der Waals surface area contributed by atoms with E-state index in [1.165, 1.54) is 0 Å². The van der Waals surface area contributed by atoms with Crippen molar-refractivity contribution in [3.8, 4) is 0 Å². The fraction of sp³-hybridized carbons (Fsp3) is 0.750. The van der Waals surface area contributed by atoms with Gasteiger partial charge in [-0.3, -0.25) is 0 Å². The van der Waals surface area contributed by atoms with Gasteiger partial charge in [0.25, 0.3) is 0 Å². The van der Waals surface area contributed by atoms with Gasteiger partial charge in [-0.15, -0.1) is 0 Å². The minimum Gasteiger partial charge on any atom is -0.463 e. The van der Waals surface area contributed by atoms with E-state index in [0.717, 1.165) is 0 Å². The number of hydrogen-bond acceptors (Lipinski definition) is 2. The Hall–Kier alpha value is -0.790. The minimum absolute atomic E-state index is 0.101. The van der Waals surface area contributed by atoms with E-state index in [2.05, 4.69) is 34.3 Å². The van der Waals surface area contributed by atoms with Crippen LogP contribution in [0.2, 0.25) is 0 Å². The summed E-state index contributed by atoms with van der Waals surface area (Å²) in [7, 11) is 0. The van der Waals surface area contributed by atoms with Gasteiger partial charge in [-0.1, -0.05) is 34.3 Å². The third kappa shape index (κ3) is 3.95. The molecule has 0 aliphatic rings. The van der Waals surface area contributed by atoms with Crippen LogP contribution in [0.5, 0.6) is 0 Å². The molecule has 0 fully saturated rings. The highest BCUT2D eigenvalue weighted by Gasteiger charge is 2.25. The summed E-state index contributed by atoms with van der Waals surface area (Å²) in [5.74, 6) is 0.259. The summed E-state index contributed by atoms with van der Waals surface area (Å²) in [6.07, 6.45) is 0.698. The van der Waals surface area contributed by atoms with Gasteiger partial charge < -0.3 is 4.74 Å². The van der Waals surface area contributed by atoms with Crippen molar-refractivity contribution in [2.24, 2.45) is 11.3 Å². The van der Waals surface area contributed by atoms with Crippen molar-refractivity contribution in [1.29, 1.82) is 0 Å². The Labute approximate surface area is 87.3 Å². The molecule has 0 N–H and O–H groups in total. The van der Waals surface area contributed by atoms with Crippen LogP contribution in [0.25, 0.3) is 0 Å². The Kier molecular flexibility index (Phi) is 4.89. The average molecular weight is 198 g/mol. The van der Waals surface area contributed by atoms with Crippen molar-refractivity contribution >= 4 is 5.97 Å². The molecule has 0 aliphatic carbocycles. The van der Waals surface area contributed by atoms with Gasteiger partial charge in [-0.25, -0.2) is 4.79 Å². The molecule has 2 nitrogen and oxygen atoms in total. The van der Waals surface area contributed by atoms with Gasteiger partial charge in [0.1, 0.15) is 0 Å². The first kappa shape index (κ1) is 13.2. The van der Waals surface area contributed by atoms with E-state index in [-0.39, 0.29) is 11.4 Å². The van der Waals surface area contributed by atoms with Gasteiger partial charge in [-0.05, 0) is 24.7 Å². The fourth-order valence-electron chi connectivity index (χ4n) is 1.06. The second-order valence-corrected chi connectivity index (χ2v) is 4.64. The molecule has 0 spiro atoms. The van der Waals surface area contributed by atoms with Crippen LogP contribution in [0.4, 0.5) is 0 Å². The Morgan fingerprint density at radius 2 is 1.93 bits per heavy atom. The van der Waals surface area contributed by atoms with Gasteiger partial charge in [0.2, 0.25) is 0 Å². The molecule has 0 aromatic carbocycles. The zero-order valence-corrected chi connectivity index (χ0v) is 10.0. The molecule has 0 heterocycles. The predicted molar refractivity (Wildman–Crippen MR) is 59.0 cm³/mol. The maximum absolute atomic E-state index is 11.3. The fourth-order valence-corrected chi connectivity index (χ4v) is 1.06. The lowest BCUT2D eigenvalue weighted by molar-refractivity contribution is -0.139. The minimum atomic E-state index is -0.263. The van der Waals surface area contributed by atoms with E-state index in [1.54, 1.807) is 6.92 Å². The average Bonchev–Trinajstić information content (AvgIpc) is 2.03. The lowest BCUT2D eigenvalue weighted by Crippen LogP contribution is -2.22. The quantitative estimate of drug-likeness (QED) is 0.501. The lowest BCUT2D eigenvalue weighted by atomic mass is 9.76. The first-order chi connectivity index (χ1) is 6.31. The molecule has 0 unspecified atom stereocenters. The smallest absolute Gasteiger partial charge is 0.333 e. The molecule has 82 valence electrons. The SMILES string of the molecule is C=C(CC(C)(C)C(C)C)C(=O)OCC. The molecule has 0 aromatic rings. The van der Waals surface area contributed by atoms with Gasteiger partial charge in [0, 0.05) is 5.57 Å². The van der Waals surface area contributed by atoms with Gasteiger partial charge in [0.15, 0.2) is 0 Å². The van der Waals surface area contributed by atoms with Crippen LogP contribution in [0.3, 0.4) is 0 Å². The first-order valence-electron chi connectivity index (χ1n) is 5.16. The van der Waals surface area contributed by atoms with Crippen LogP contribution in [0.15, 0.2) is 12.2 Å². The highest BCUT2D eigenvalue weighted by Crippen LogP contribution is 2.32. The second-order valence-electron chi connectivity index (χ2n) is 4.64. The predicted octanol–water partition coefficient (Wildman–Crippen LogP) is 3.18. The normalized spacial score (nSPS) is 11.6. The molecule has 0 aliphatic heterocycles. The number of hydrogen-bond donors (Lipinski definition) is 0. The largest absolute Gasteiger partial charge is 0.463 e.